The van der Waals surface area contributed by atoms with Gasteiger partial charge in [-0.25, -0.2) is 8.42 Å². The van der Waals surface area contributed by atoms with Gasteiger partial charge in [-0.2, -0.15) is 13.1 Å². The first-order valence-corrected chi connectivity index (χ1v) is 10.7. The van der Waals surface area contributed by atoms with Gasteiger partial charge in [0.2, 0.25) is 15.9 Å². The Morgan fingerprint density at radius 2 is 2.19 bits per heavy atom. The minimum Gasteiger partial charge on any atom is -0.467 e. The number of carbonyl (C=O) groups is 1. The Labute approximate surface area is 160 Å². The number of hydrogen-bond donors (Lipinski definition) is 1. The number of aromatic nitrogens is 2. The van der Waals surface area contributed by atoms with E-state index in [9.17, 15) is 13.2 Å². The lowest BCUT2D eigenvalue weighted by atomic mass is 9.99. The summed E-state index contributed by atoms with van der Waals surface area (Å²) in [6, 6.07) is 8.47. The van der Waals surface area contributed by atoms with E-state index >= 15 is 0 Å². The molecule has 0 aliphatic carbocycles. The van der Waals surface area contributed by atoms with Gasteiger partial charge in [-0.15, -0.1) is 0 Å². The smallest absolute Gasteiger partial charge is 0.245 e. The van der Waals surface area contributed by atoms with Crippen LogP contribution in [-0.4, -0.2) is 40.5 Å². The molecule has 1 N–H and O–H groups in total. The second kappa shape index (κ2) is 7.37. The number of carbonyl (C=O) groups excluding carboxylic acids is 1. The SMILES string of the molecule is O=C(NCc1ccco1)[C@@H]1CCCN(S(=O)(=O)c2cccc3nsnc23)C1. The van der Waals surface area contributed by atoms with Gasteiger partial charge in [-0.1, -0.05) is 6.07 Å². The predicted molar refractivity (Wildman–Crippen MR) is 99.5 cm³/mol. The minimum absolute atomic E-state index is 0.144. The lowest BCUT2D eigenvalue weighted by Gasteiger charge is -2.31. The molecule has 8 nitrogen and oxygen atoms in total. The van der Waals surface area contributed by atoms with Crippen molar-refractivity contribution in [1.82, 2.24) is 18.4 Å². The van der Waals surface area contributed by atoms with E-state index in [1.807, 2.05) is 0 Å². The molecule has 1 aromatic carbocycles. The lowest BCUT2D eigenvalue weighted by Crippen LogP contribution is -2.45. The topological polar surface area (TPSA) is 105 Å². The van der Waals surface area contributed by atoms with E-state index in [-0.39, 0.29) is 17.3 Å². The van der Waals surface area contributed by atoms with Gasteiger partial charge in [0.25, 0.3) is 0 Å². The molecule has 1 aliphatic rings. The molecule has 0 spiro atoms. The third kappa shape index (κ3) is 3.60. The first kappa shape index (κ1) is 18.1. The maximum Gasteiger partial charge on any atom is 0.245 e. The normalized spacial score (nSPS) is 18.6. The molecule has 142 valence electrons. The minimum atomic E-state index is -3.74. The van der Waals surface area contributed by atoms with Crippen molar-refractivity contribution in [3.05, 3.63) is 42.4 Å². The first-order chi connectivity index (χ1) is 13.1. The van der Waals surface area contributed by atoms with Crippen molar-refractivity contribution in [1.29, 1.82) is 0 Å². The van der Waals surface area contributed by atoms with Crippen LogP contribution in [-0.2, 0) is 21.4 Å². The molecular weight excluding hydrogens is 388 g/mol. The zero-order valence-corrected chi connectivity index (χ0v) is 16.0. The molecule has 10 heteroatoms. The number of amides is 1. The third-order valence-electron chi connectivity index (χ3n) is 4.64. The summed E-state index contributed by atoms with van der Waals surface area (Å²) in [4.78, 5) is 12.6. The van der Waals surface area contributed by atoms with Crippen LogP contribution in [0.15, 0.2) is 45.9 Å². The Hall–Kier alpha value is -2.30. The van der Waals surface area contributed by atoms with Crippen molar-refractivity contribution < 1.29 is 17.6 Å². The average Bonchev–Trinajstić information content (AvgIpc) is 3.37. The molecular formula is C17H18N4O4S2. The van der Waals surface area contributed by atoms with Gasteiger partial charge in [0.05, 0.1) is 30.5 Å². The van der Waals surface area contributed by atoms with Crippen LogP contribution in [0.25, 0.3) is 11.0 Å². The van der Waals surface area contributed by atoms with Crippen LogP contribution in [0.1, 0.15) is 18.6 Å². The van der Waals surface area contributed by atoms with Crippen molar-refractivity contribution in [3.8, 4) is 0 Å². The van der Waals surface area contributed by atoms with Gasteiger partial charge >= 0.3 is 0 Å². The van der Waals surface area contributed by atoms with Crippen molar-refractivity contribution >= 4 is 38.7 Å². The number of sulfonamides is 1. The van der Waals surface area contributed by atoms with Crippen molar-refractivity contribution in [3.63, 3.8) is 0 Å². The molecule has 1 fully saturated rings. The highest BCUT2D eigenvalue weighted by Crippen LogP contribution is 2.28. The van der Waals surface area contributed by atoms with Crippen LogP contribution in [0.5, 0.6) is 0 Å². The van der Waals surface area contributed by atoms with Crippen LogP contribution in [0, 0.1) is 5.92 Å². The second-order valence-electron chi connectivity index (χ2n) is 6.39. The van der Waals surface area contributed by atoms with Crippen LogP contribution in [0.4, 0.5) is 0 Å². The zero-order chi connectivity index (χ0) is 18.9. The predicted octanol–water partition coefficient (Wildman–Crippen LogP) is 2.00. The van der Waals surface area contributed by atoms with Gasteiger partial charge in [-0.05, 0) is 37.1 Å². The standard InChI is InChI=1S/C17H18N4O4S2/c22-17(18-10-13-5-3-9-25-13)12-4-2-8-21(11-12)27(23,24)15-7-1-6-14-16(15)20-26-19-14/h1,3,5-7,9,12H,2,4,8,10-11H2,(H,18,22)/t12-/m1/s1. The van der Waals surface area contributed by atoms with Crippen LogP contribution in [0.2, 0.25) is 0 Å². The number of nitrogens with zero attached hydrogens (tertiary/aromatic N) is 3. The highest BCUT2D eigenvalue weighted by atomic mass is 32.2. The Morgan fingerprint density at radius 3 is 3.00 bits per heavy atom. The summed E-state index contributed by atoms with van der Waals surface area (Å²) in [5, 5.41) is 2.82. The molecule has 27 heavy (non-hydrogen) atoms. The maximum atomic E-state index is 13.1. The largest absolute Gasteiger partial charge is 0.467 e. The van der Waals surface area contributed by atoms with E-state index in [0.29, 0.717) is 42.7 Å². The Morgan fingerprint density at radius 1 is 1.30 bits per heavy atom. The highest BCUT2D eigenvalue weighted by molar-refractivity contribution is 7.89. The fraction of sp³-hybridized carbons (Fsp3) is 0.353. The van der Waals surface area contributed by atoms with Crippen LogP contribution < -0.4 is 5.32 Å². The Bertz CT molecular complexity index is 1050. The summed E-state index contributed by atoms with van der Waals surface area (Å²) in [6.45, 7) is 0.831. The maximum absolute atomic E-state index is 13.1. The number of benzene rings is 1. The summed E-state index contributed by atoms with van der Waals surface area (Å²) < 4.78 is 41.1. The zero-order valence-electron chi connectivity index (χ0n) is 14.4. The summed E-state index contributed by atoms with van der Waals surface area (Å²) in [5.74, 6) is 0.0995. The molecule has 3 heterocycles. The van der Waals surface area contributed by atoms with Crippen molar-refractivity contribution in [2.24, 2.45) is 5.92 Å². The Balaban J connectivity index is 1.50. The molecule has 1 saturated heterocycles. The molecule has 2 aromatic heterocycles. The van der Waals surface area contributed by atoms with E-state index in [1.165, 1.54) is 4.31 Å². The third-order valence-corrected chi connectivity index (χ3v) is 7.08. The quantitative estimate of drug-likeness (QED) is 0.695. The lowest BCUT2D eigenvalue weighted by molar-refractivity contribution is -0.126. The first-order valence-electron chi connectivity index (χ1n) is 8.57. The summed E-state index contributed by atoms with van der Waals surface area (Å²) >= 11 is 0.985. The molecule has 0 bridgehead atoms. The van der Waals surface area contributed by atoms with Gasteiger partial charge in [0.15, 0.2) is 0 Å². The van der Waals surface area contributed by atoms with E-state index in [4.69, 9.17) is 4.42 Å². The van der Waals surface area contributed by atoms with Gasteiger partial charge < -0.3 is 9.73 Å². The summed E-state index contributed by atoms with van der Waals surface area (Å²) in [6.07, 6.45) is 2.83. The van der Waals surface area contributed by atoms with E-state index in [2.05, 4.69) is 14.1 Å². The fourth-order valence-electron chi connectivity index (χ4n) is 3.24. The van der Waals surface area contributed by atoms with Crippen molar-refractivity contribution in [2.75, 3.05) is 13.1 Å². The van der Waals surface area contributed by atoms with Crippen molar-refractivity contribution in [2.45, 2.75) is 24.3 Å². The average molecular weight is 406 g/mol. The molecule has 1 atom stereocenters. The second-order valence-corrected chi connectivity index (χ2v) is 8.82. The van der Waals surface area contributed by atoms with E-state index in [0.717, 1.165) is 11.7 Å². The van der Waals surface area contributed by atoms with E-state index in [1.54, 1.807) is 36.6 Å². The van der Waals surface area contributed by atoms with Crippen LogP contribution >= 0.6 is 11.7 Å². The van der Waals surface area contributed by atoms with Gasteiger partial charge in [0.1, 0.15) is 21.7 Å². The van der Waals surface area contributed by atoms with Gasteiger partial charge in [0, 0.05) is 13.1 Å². The number of piperidine rings is 1. The number of fused-ring (bicyclic) bond motifs is 1. The summed E-state index contributed by atoms with van der Waals surface area (Å²) in [5.41, 5.74) is 0.942. The Kier molecular flexibility index (Phi) is 4.94. The summed E-state index contributed by atoms with van der Waals surface area (Å²) in [7, 11) is -3.74. The molecule has 1 aliphatic heterocycles. The number of furan rings is 1. The number of hydrogen-bond acceptors (Lipinski definition) is 7. The van der Waals surface area contributed by atoms with Crippen LogP contribution in [0.3, 0.4) is 0 Å². The number of rotatable bonds is 5. The molecule has 3 aromatic rings. The monoisotopic (exact) mass is 406 g/mol. The van der Waals surface area contributed by atoms with E-state index < -0.39 is 15.9 Å². The molecule has 0 radical (unpaired) electrons. The number of nitrogens with one attached hydrogen (secondary N) is 1. The molecule has 1 amide bonds. The fourth-order valence-corrected chi connectivity index (χ4v) is 5.51. The highest BCUT2D eigenvalue weighted by Gasteiger charge is 2.34. The molecule has 0 unspecified atom stereocenters. The van der Waals surface area contributed by atoms with Gasteiger partial charge in [-0.3, -0.25) is 4.79 Å². The molecule has 0 saturated carbocycles. The molecule has 4 rings (SSSR count).